The fourth-order valence-electron chi connectivity index (χ4n) is 3.37. The molecule has 0 saturated heterocycles. The third kappa shape index (κ3) is 2.02. The number of ether oxygens (including phenoxy) is 1. The van der Waals surface area contributed by atoms with Gasteiger partial charge in [0.05, 0.1) is 18.5 Å². The summed E-state index contributed by atoms with van der Waals surface area (Å²) >= 11 is 14.5. The summed E-state index contributed by atoms with van der Waals surface area (Å²) in [6.45, 7) is 0.837. The van der Waals surface area contributed by atoms with Crippen molar-refractivity contribution in [1.29, 1.82) is 0 Å². The van der Waals surface area contributed by atoms with E-state index in [9.17, 15) is 0 Å². The van der Waals surface area contributed by atoms with Crippen LogP contribution in [-0.4, -0.2) is 17.4 Å². The molecule has 0 amide bonds. The molecule has 0 bridgehead atoms. The maximum absolute atomic E-state index is 6.45. The molecule has 20 heavy (non-hydrogen) atoms. The van der Waals surface area contributed by atoms with Crippen molar-refractivity contribution in [2.45, 2.75) is 31.7 Å². The molecule has 1 aliphatic carbocycles. The van der Waals surface area contributed by atoms with Gasteiger partial charge in [-0.15, -0.1) is 11.8 Å². The van der Waals surface area contributed by atoms with Gasteiger partial charge >= 0.3 is 0 Å². The monoisotopic (exact) mass is 327 g/mol. The van der Waals surface area contributed by atoms with Gasteiger partial charge in [-0.05, 0) is 48.9 Å². The van der Waals surface area contributed by atoms with Crippen LogP contribution in [-0.2, 0) is 11.2 Å². The zero-order valence-corrected chi connectivity index (χ0v) is 13.3. The van der Waals surface area contributed by atoms with Crippen molar-refractivity contribution in [1.82, 2.24) is 4.90 Å². The van der Waals surface area contributed by atoms with Crippen molar-refractivity contribution in [3.8, 4) is 0 Å². The van der Waals surface area contributed by atoms with Crippen LogP contribution >= 0.6 is 35.0 Å². The zero-order valence-electron chi connectivity index (χ0n) is 11.0. The van der Waals surface area contributed by atoms with Gasteiger partial charge in [0.1, 0.15) is 0 Å². The molecule has 0 spiro atoms. The lowest BCUT2D eigenvalue weighted by atomic mass is 10.1. The first-order valence-corrected chi connectivity index (χ1v) is 8.71. The number of halogens is 2. The number of thioether (sulfide) groups is 1. The van der Waals surface area contributed by atoms with Gasteiger partial charge in [-0.25, -0.2) is 0 Å². The first-order chi connectivity index (χ1) is 9.74. The molecule has 0 aromatic heterocycles. The summed E-state index contributed by atoms with van der Waals surface area (Å²) in [7, 11) is 0. The molecule has 2 heterocycles. The van der Waals surface area contributed by atoms with Crippen LogP contribution < -0.4 is 0 Å². The predicted octanol–water partition coefficient (Wildman–Crippen LogP) is 4.97. The lowest BCUT2D eigenvalue weighted by Crippen LogP contribution is -2.26. The van der Waals surface area contributed by atoms with E-state index in [2.05, 4.69) is 11.0 Å². The number of aryl methyl sites for hydroxylation is 1. The second-order valence-electron chi connectivity index (χ2n) is 5.44. The highest BCUT2D eigenvalue weighted by Gasteiger charge is 2.37. The number of hydrogen-bond donors (Lipinski definition) is 0. The summed E-state index contributed by atoms with van der Waals surface area (Å²) < 4.78 is 5.92. The molecule has 0 radical (unpaired) electrons. The van der Waals surface area contributed by atoms with Crippen molar-refractivity contribution < 1.29 is 4.74 Å². The van der Waals surface area contributed by atoms with Crippen molar-refractivity contribution in [3.63, 3.8) is 0 Å². The molecule has 0 fully saturated rings. The number of fused-ring (bicyclic) bond motifs is 1. The first kappa shape index (κ1) is 13.2. The van der Waals surface area contributed by atoms with Gasteiger partial charge in [0.15, 0.2) is 5.88 Å². The van der Waals surface area contributed by atoms with Crippen molar-refractivity contribution in [3.05, 3.63) is 44.1 Å². The van der Waals surface area contributed by atoms with Gasteiger partial charge < -0.3 is 9.64 Å². The number of allylic oxidation sites excluding steroid dienone is 1. The van der Waals surface area contributed by atoms with Crippen LogP contribution in [0, 0.1) is 0 Å². The third-order valence-corrected chi connectivity index (χ3v) is 5.91. The van der Waals surface area contributed by atoms with Gasteiger partial charge in [0, 0.05) is 15.0 Å². The highest BCUT2D eigenvalue weighted by molar-refractivity contribution is 8.03. The standard InChI is InChI=1S/C15H15Cl2NOS/c16-10-6-9-3-4-12(14(9)11(17)7-10)18-8-20-13-2-1-5-19-15(13)18/h6-7,12H,1-5,8H2/t12-/m0/s1. The fourth-order valence-corrected chi connectivity index (χ4v) is 5.21. The minimum Gasteiger partial charge on any atom is -0.478 e. The van der Waals surface area contributed by atoms with Crippen LogP contribution in [0.1, 0.15) is 36.4 Å². The molecular formula is C15H15Cl2NOS. The minimum absolute atomic E-state index is 0.341. The summed E-state index contributed by atoms with van der Waals surface area (Å²) in [5.41, 5.74) is 2.54. The number of benzene rings is 1. The molecule has 1 aromatic rings. The summed E-state index contributed by atoms with van der Waals surface area (Å²) in [6.07, 6.45) is 4.43. The molecule has 3 aliphatic rings. The Morgan fingerprint density at radius 3 is 3.05 bits per heavy atom. The Labute approximate surface area is 133 Å². The largest absolute Gasteiger partial charge is 0.478 e. The van der Waals surface area contributed by atoms with Crippen molar-refractivity contribution >= 4 is 35.0 Å². The molecule has 2 nitrogen and oxygen atoms in total. The van der Waals surface area contributed by atoms with E-state index in [4.69, 9.17) is 27.9 Å². The zero-order chi connectivity index (χ0) is 13.7. The predicted molar refractivity (Wildman–Crippen MR) is 84.0 cm³/mol. The summed E-state index contributed by atoms with van der Waals surface area (Å²) in [5, 5.41) is 1.53. The maximum Gasteiger partial charge on any atom is 0.200 e. The van der Waals surface area contributed by atoms with E-state index in [-0.39, 0.29) is 0 Å². The lowest BCUT2D eigenvalue weighted by molar-refractivity contribution is 0.0889. The quantitative estimate of drug-likeness (QED) is 0.722. The molecule has 5 heteroatoms. The van der Waals surface area contributed by atoms with Crippen molar-refractivity contribution in [2.75, 3.05) is 12.5 Å². The van der Waals surface area contributed by atoms with Gasteiger partial charge in [-0.1, -0.05) is 23.2 Å². The highest BCUT2D eigenvalue weighted by atomic mass is 35.5. The molecule has 0 unspecified atom stereocenters. The number of nitrogens with zero attached hydrogens (tertiary/aromatic N) is 1. The average molecular weight is 328 g/mol. The normalized spacial score (nSPS) is 24.7. The van der Waals surface area contributed by atoms with E-state index < -0.39 is 0 Å². The van der Waals surface area contributed by atoms with Crippen LogP contribution in [0.5, 0.6) is 0 Å². The van der Waals surface area contributed by atoms with E-state index in [0.29, 0.717) is 6.04 Å². The molecular weight excluding hydrogens is 313 g/mol. The van der Waals surface area contributed by atoms with Crippen LogP contribution in [0.25, 0.3) is 0 Å². The Kier molecular flexibility index (Phi) is 3.32. The van der Waals surface area contributed by atoms with Gasteiger partial charge in [0.2, 0.25) is 0 Å². The van der Waals surface area contributed by atoms with Gasteiger partial charge in [-0.3, -0.25) is 0 Å². The minimum atomic E-state index is 0.341. The number of hydrogen-bond acceptors (Lipinski definition) is 3. The van der Waals surface area contributed by atoms with E-state index in [1.54, 1.807) is 0 Å². The topological polar surface area (TPSA) is 12.5 Å². The van der Waals surface area contributed by atoms with E-state index >= 15 is 0 Å². The average Bonchev–Trinajstić information content (AvgIpc) is 3.01. The Hall–Kier alpha value is -0.510. The Morgan fingerprint density at radius 1 is 1.25 bits per heavy atom. The summed E-state index contributed by atoms with van der Waals surface area (Å²) in [4.78, 5) is 3.81. The second kappa shape index (κ2) is 5.04. The fraction of sp³-hybridized carbons (Fsp3) is 0.467. The maximum atomic E-state index is 6.45. The molecule has 0 N–H and O–H groups in total. The summed E-state index contributed by atoms with van der Waals surface area (Å²) in [6, 6.07) is 4.26. The van der Waals surface area contributed by atoms with Gasteiger partial charge in [-0.2, -0.15) is 0 Å². The lowest BCUT2D eigenvalue weighted by Gasteiger charge is -2.30. The van der Waals surface area contributed by atoms with Crippen LogP contribution in [0.4, 0.5) is 0 Å². The highest BCUT2D eigenvalue weighted by Crippen LogP contribution is 2.48. The van der Waals surface area contributed by atoms with Crippen LogP contribution in [0.2, 0.25) is 10.0 Å². The third-order valence-electron chi connectivity index (χ3n) is 4.24. The Bertz CT molecular complexity index is 602. The van der Waals surface area contributed by atoms with E-state index in [1.165, 1.54) is 16.0 Å². The molecule has 0 saturated carbocycles. The smallest absolute Gasteiger partial charge is 0.200 e. The Morgan fingerprint density at radius 2 is 2.15 bits per heavy atom. The first-order valence-electron chi connectivity index (χ1n) is 6.97. The van der Waals surface area contributed by atoms with Crippen LogP contribution in [0.3, 0.4) is 0 Å². The SMILES string of the molecule is Clc1cc(Cl)c2c(c1)CC[C@@H]2N1CSC2=C1OCCC2. The Balaban J connectivity index is 1.72. The van der Waals surface area contributed by atoms with E-state index in [1.807, 2.05) is 17.8 Å². The van der Waals surface area contributed by atoms with Crippen LogP contribution in [0.15, 0.2) is 22.9 Å². The second-order valence-corrected chi connectivity index (χ2v) is 7.32. The van der Waals surface area contributed by atoms with Gasteiger partial charge in [0.25, 0.3) is 0 Å². The molecule has 106 valence electrons. The summed E-state index contributed by atoms with van der Waals surface area (Å²) in [5.74, 6) is 2.08. The van der Waals surface area contributed by atoms with E-state index in [0.717, 1.165) is 54.1 Å². The molecule has 1 aromatic carbocycles. The van der Waals surface area contributed by atoms with Crippen molar-refractivity contribution in [2.24, 2.45) is 0 Å². The molecule has 4 rings (SSSR count). The molecule has 1 atom stereocenters. The number of rotatable bonds is 1. The molecule has 2 aliphatic heterocycles.